The van der Waals surface area contributed by atoms with Crippen LogP contribution < -0.4 is 4.74 Å². The van der Waals surface area contributed by atoms with Gasteiger partial charge in [0.2, 0.25) is 0 Å². The highest BCUT2D eigenvalue weighted by Gasteiger charge is 2.32. The first-order valence-corrected chi connectivity index (χ1v) is 14.5. The molecule has 6 aromatic carbocycles. The lowest BCUT2D eigenvalue weighted by Gasteiger charge is -2.13. The highest BCUT2D eigenvalue weighted by molar-refractivity contribution is 6.25. The number of rotatable bonds is 2. The van der Waals surface area contributed by atoms with E-state index in [2.05, 4.69) is 83.5 Å². The molecule has 0 saturated carbocycles. The summed E-state index contributed by atoms with van der Waals surface area (Å²) in [5, 5.41) is 6.18. The van der Waals surface area contributed by atoms with Gasteiger partial charge in [0, 0.05) is 50.5 Å². The van der Waals surface area contributed by atoms with E-state index in [1.807, 2.05) is 41.0 Å². The number of aromatic nitrogens is 2. The number of fused-ring (bicyclic) bond motifs is 11. The Hall–Kier alpha value is -5.54. The summed E-state index contributed by atoms with van der Waals surface area (Å²) in [5.41, 5.74) is 5.78. The molecule has 0 radical (unpaired) electrons. The zero-order valence-electron chi connectivity index (χ0n) is 27.9. The Balaban J connectivity index is 1.35. The molecule has 0 fully saturated rings. The lowest BCUT2D eigenvalue weighted by molar-refractivity contribution is 0.269. The first kappa shape index (κ1) is 18.8. The molecule has 2 atom stereocenters. The summed E-state index contributed by atoms with van der Waals surface area (Å²) in [4.78, 5) is 0. The van der Waals surface area contributed by atoms with E-state index in [9.17, 15) is 0 Å². The fourth-order valence-electron chi connectivity index (χ4n) is 7.29. The summed E-state index contributed by atoms with van der Waals surface area (Å²) in [7, 11) is 0. The molecule has 0 spiro atoms. The van der Waals surface area contributed by atoms with Gasteiger partial charge in [0.25, 0.3) is 0 Å². The molecule has 43 heavy (non-hydrogen) atoms. The van der Waals surface area contributed by atoms with Crippen LogP contribution in [0.4, 0.5) is 0 Å². The molecule has 8 aromatic rings. The summed E-state index contributed by atoms with van der Waals surface area (Å²) in [5.74, 6) is 1.06. The largest absolute Gasteiger partial charge is 0.485 e. The Labute approximate surface area is 255 Å². The summed E-state index contributed by atoms with van der Waals surface area (Å²) in [6.07, 6.45) is 8.38. The second-order valence-electron chi connectivity index (χ2n) is 11.3. The van der Waals surface area contributed by atoms with E-state index < -0.39 is 6.04 Å². The molecular formula is C40H26N2O. The Morgan fingerprint density at radius 1 is 0.581 bits per heavy atom. The van der Waals surface area contributed by atoms with Gasteiger partial charge >= 0.3 is 0 Å². The molecule has 10 rings (SSSR count). The maximum absolute atomic E-state index is 8.97. The minimum atomic E-state index is -0.410. The van der Waals surface area contributed by atoms with Gasteiger partial charge in [0.1, 0.15) is 11.9 Å². The number of benzene rings is 6. The van der Waals surface area contributed by atoms with Crippen molar-refractivity contribution in [3.05, 3.63) is 151 Å². The molecule has 3 heterocycles. The van der Waals surface area contributed by atoms with Gasteiger partial charge < -0.3 is 13.9 Å². The molecule has 3 heteroatoms. The molecule has 2 unspecified atom stereocenters. The maximum atomic E-state index is 8.97. The predicted molar refractivity (Wildman–Crippen MR) is 178 cm³/mol. The van der Waals surface area contributed by atoms with E-state index in [0.717, 1.165) is 65.8 Å². The smallest absolute Gasteiger partial charge is 0.128 e. The number of para-hydroxylation sites is 2. The molecular weight excluding hydrogens is 524 g/mol. The summed E-state index contributed by atoms with van der Waals surface area (Å²) >= 11 is 0. The van der Waals surface area contributed by atoms with Crippen LogP contribution in [0.15, 0.2) is 146 Å². The average molecular weight is 556 g/mol. The third-order valence-electron chi connectivity index (χ3n) is 9.12. The van der Waals surface area contributed by atoms with Gasteiger partial charge in [0.05, 0.1) is 28.9 Å². The van der Waals surface area contributed by atoms with Crippen LogP contribution in [0.2, 0.25) is 0 Å². The van der Waals surface area contributed by atoms with Crippen molar-refractivity contribution in [2.24, 2.45) is 0 Å². The van der Waals surface area contributed by atoms with Gasteiger partial charge in [-0.3, -0.25) is 0 Å². The Bertz CT molecular complexity index is 2760. The van der Waals surface area contributed by atoms with Gasteiger partial charge in [0.15, 0.2) is 0 Å². The third-order valence-corrected chi connectivity index (χ3v) is 9.12. The van der Waals surface area contributed by atoms with E-state index in [-0.39, 0.29) is 41.9 Å². The zero-order valence-corrected chi connectivity index (χ0v) is 22.9. The predicted octanol–water partition coefficient (Wildman–Crippen LogP) is 10.0. The number of allylic oxidation sites excluding steroid dienone is 2. The molecule has 0 saturated heterocycles. The van der Waals surface area contributed by atoms with Crippen molar-refractivity contribution in [3.63, 3.8) is 0 Å². The van der Waals surface area contributed by atoms with Crippen LogP contribution in [0.25, 0.3) is 65.8 Å². The highest BCUT2D eigenvalue weighted by Crippen LogP contribution is 2.45. The molecule has 1 aliphatic heterocycles. The van der Waals surface area contributed by atoms with Gasteiger partial charge in [-0.1, -0.05) is 91.0 Å². The lowest BCUT2D eigenvalue weighted by Crippen LogP contribution is -2.15. The van der Waals surface area contributed by atoms with E-state index in [1.165, 1.54) is 5.56 Å². The van der Waals surface area contributed by atoms with E-state index in [4.69, 9.17) is 11.6 Å². The van der Waals surface area contributed by atoms with Crippen molar-refractivity contribution in [2.75, 3.05) is 0 Å². The van der Waals surface area contributed by atoms with Crippen molar-refractivity contribution >= 4 is 54.4 Å². The van der Waals surface area contributed by atoms with Gasteiger partial charge in [-0.05, 0) is 59.3 Å². The van der Waals surface area contributed by atoms with Crippen molar-refractivity contribution in [3.8, 4) is 17.1 Å². The second kappa shape index (κ2) is 8.50. The molecule has 1 aliphatic carbocycles. The van der Waals surface area contributed by atoms with E-state index in [1.54, 1.807) is 0 Å². The SMILES string of the molecule is [2H]c1c([2H])c([2H])c(-n2c3cc4c(cc3c3c5ccccc5ccc32)c2ccccc2n4-c2ccc3c(c2)OC2C=CC=CC32)c([2H])c1[2H]. The Morgan fingerprint density at radius 3 is 2.30 bits per heavy atom. The van der Waals surface area contributed by atoms with Crippen LogP contribution in [0.1, 0.15) is 18.3 Å². The van der Waals surface area contributed by atoms with Crippen LogP contribution in [0, 0.1) is 0 Å². The quantitative estimate of drug-likeness (QED) is 0.208. The normalized spacial score (nSPS) is 18.9. The van der Waals surface area contributed by atoms with Crippen LogP contribution >= 0.6 is 0 Å². The minimum absolute atomic E-state index is 0.0133. The summed E-state index contributed by atoms with van der Waals surface area (Å²) in [6, 6.07) is 29.7. The fraction of sp³-hybridized carbons (Fsp3) is 0.0500. The lowest BCUT2D eigenvalue weighted by atomic mass is 9.92. The molecule has 0 amide bonds. The number of ether oxygens (including phenoxy) is 1. The van der Waals surface area contributed by atoms with Crippen molar-refractivity contribution in [1.82, 2.24) is 9.13 Å². The molecule has 0 bridgehead atoms. The van der Waals surface area contributed by atoms with Crippen LogP contribution in [-0.4, -0.2) is 15.2 Å². The first-order valence-electron chi connectivity index (χ1n) is 17.0. The zero-order chi connectivity index (χ0) is 32.4. The summed E-state index contributed by atoms with van der Waals surface area (Å²) < 4.78 is 53.7. The number of hydrogen-bond acceptors (Lipinski definition) is 1. The topological polar surface area (TPSA) is 19.1 Å². The second-order valence-corrected chi connectivity index (χ2v) is 11.3. The summed E-state index contributed by atoms with van der Waals surface area (Å²) in [6.45, 7) is 0. The van der Waals surface area contributed by atoms with E-state index >= 15 is 0 Å². The van der Waals surface area contributed by atoms with Crippen LogP contribution in [0.5, 0.6) is 5.75 Å². The van der Waals surface area contributed by atoms with Gasteiger partial charge in [-0.25, -0.2) is 0 Å². The number of hydrogen-bond donors (Lipinski definition) is 0. The Kier molecular flexibility index (Phi) is 3.72. The molecule has 3 nitrogen and oxygen atoms in total. The number of nitrogens with zero attached hydrogens (tertiary/aromatic N) is 2. The van der Waals surface area contributed by atoms with Crippen molar-refractivity contribution in [2.45, 2.75) is 12.0 Å². The highest BCUT2D eigenvalue weighted by atomic mass is 16.5. The molecule has 202 valence electrons. The van der Waals surface area contributed by atoms with Gasteiger partial charge in [-0.15, -0.1) is 0 Å². The van der Waals surface area contributed by atoms with E-state index in [0.29, 0.717) is 0 Å². The first-order chi connectivity index (χ1) is 23.4. The maximum Gasteiger partial charge on any atom is 0.128 e. The third kappa shape index (κ3) is 3.14. The van der Waals surface area contributed by atoms with Crippen LogP contribution in [-0.2, 0) is 0 Å². The minimum Gasteiger partial charge on any atom is -0.485 e. The molecule has 0 N–H and O–H groups in total. The van der Waals surface area contributed by atoms with Crippen molar-refractivity contribution < 1.29 is 11.6 Å². The fourth-order valence-corrected chi connectivity index (χ4v) is 7.29. The molecule has 2 aliphatic rings. The van der Waals surface area contributed by atoms with Crippen LogP contribution in [0.3, 0.4) is 0 Å². The average Bonchev–Trinajstić information content (AvgIpc) is 3.76. The molecule has 2 aromatic heterocycles. The van der Waals surface area contributed by atoms with Gasteiger partial charge in [-0.2, -0.15) is 0 Å². The monoisotopic (exact) mass is 555 g/mol. The Morgan fingerprint density at radius 2 is 1.37 bits per heavy atom. The standard InChI is InChI=1S/C40H26N2O/c1-2-11-26(12-3-1)41-35-21-18-25-10-4-5-13-28(25)40(35)33-23-32-29-14-6-8-16-34(29)42(36(32)24-37(33)41)27-19-20-31-30-15-7-9-17-38(30)43-39(31)22-27/h1-24,30,38H/i1D,2D,3D,11D,12D. The van der Waals surface area contributed by atoms with Crippen molar-refractivity contribution in [1.29, 1.82) is 0 Å².